The minimum absolute atomic E-state index is 0.446. The van der Waals surface area contributed by atoms with E-state index in [1.807, 2.05) is 20.8 Å². The van der Waals surface area contributed by atoms with Crippen molar-refractivity contribution in [2.75, 3.05) is 0 Å². The van der Waals surface area contributed by atoms with Gasteiger partial charge in [0, 0.05) is 0 Å². The Bertz CT molecular complexity index is 191. The van der Waals surface area contributed by atoms with Crippen molar-refractivity contribution >= 4 is 5.97 Å². The maximum atomic E-state index is 11.2. The SMILES string of the molecule is CCC(C)(C)OOOC(=O)C(C)(C)C. The molecular weight excluding hydrogens is 184 g/mol. The molecule has 0 atom stereocenters. The van der Waals surface area contributed by atoms with Crippen molar-refractivity contribution in [3.63, 3.8) is 0 Å². The van der Waals surface area contributed by atoms with Gasteiger partial charge in [0.2, 0.25) is 0 Å². The molecular formula is C10H20O4. The molecule has 0 aromatic heterocycles. The lowest BCUT2D eigenvalue weighted by Gasteiger charge is -2.21. The van der Waals surface area contributed by atoms with E-state index in [1.165, 1.54) is 0 Å². The van der Waals surface area contributed by atoms with E-state index in [1.54, 1.807) is 20.8 Å². The molecule has 0 aliphatic heterocycles. The average Bonchev–Trinajstić information content (AvgIpc) is 2.02. The average molecular weight is 204 g/mol. The number of hydrogen-bond donors (Lipinski definition) is 0. The van der Waals surface area contributed by atoms with Gasteiger partial charge in [0.15, 0.2) is 0 Å². The molecule has 4 heteroatoms. The summed E-state index contributed by atoms with van der Waals surface area (Å²) in [5, 5.41) is 4.43. The number of rotatable bonds is 4. The van der Waals surface area contributed by atoms with Crippen LogP contribution in [-0.4, -0.2) is 11.6 Å². The molecule has 0 amide bonds. The van der Waals surface area contributed by atoms with Gasteiger partial charge in [-0.25, -0.2) is 4.79 Å². The van der Waals surface area contributed by atoms with Gasteiger partial charge in [0.05, 0.1) is 5.41 Å². The third-order valence-electron chi connectivity index (χ3n) is 1.83. The van der Waals surface area contributed by atoms with Crippen LogP contribution in [0, 0.1) is 5.41 Å². The van der Waals surface area contributed by atoms with Crippen molar-refractivity contribution in [3.8, 4) is 0 Å². The van der Waals surface area contributed by atoms with Crippen LogP contribution < -0.4 is 0 Å². The van der Waals surface area contributed by atoms with Crippen LogP contribution in [-0.2, 0) is 19.6 Å². The lowest BCUT2D eigenvalue weighted by molar-refractivity contribution is -0.518. The van der Waals surface area contributed by atoms with Gasteiger partial charge in [-0.3, -0.25) is 4.89 Å². The van der Waals surface area contributed by atoms with Crippen LogP contribution in [0.3, 0.4) is 0 Å². The smallest absolute Gasteiger partial charge is 0.268 e. The van der Waals surface area contributed by atoms with Crippen molar-refractivity contribution in [3.05, 3.63) is 0 Å². The van der Waals surface area contributed by atoms with Crippen LogP contribution in [0.15, 0.2) is 0 Å². The standard InChI is InChI=1S/C10H20O4/c1-7-10(5,6)13-14-12-8(11)9(2,3)4/h7H2,1-6H3. The van der Waals surface area contributed by atoms with E-state index in [4.69, 9.17) is 4.89 Å². The molecule has 0 aliphatic rings. The van der Waals surface area contributed by atoms with Gasteiger partial charge in [0.1, 0.15) is 5.60 Å². The van der Waals surface area contributed by atoms with Crippen LogP contribution in [0.1, 0.15) is 48.0 Å². The zero-order chi connectivity index (χ0) is 11.4. The molecule has 4 nitrogen and oxygen atoms in total. The summed E-state index contributed by atoms with van der Waals surface area (Å²) in [6.07, 6.45) is 0.764. The van der Waals surface area contributed by atoms with Gasteiger partial charge in [-0.05, 0) is 46.1 Å². The van der Waals surface area contributed by atoms with Gasteiger partial charge in [0.25, 0.3) is 0 Å². The molecule has 0 N–H and O–H groups in total. The second-order valence-electron chi connectivity index (χ2n) is 4.89. The first-order chi connectivity index (χ1) is 6.19. The summed E-state index contributed by atoms with van der Waals surface area (Å²) >= 11 is 0. The maximum Gasteiger partial charge on any atom is 0.350 e. The van der Waals surface area contributed by atoms with Crippen molar-refractivity contribution in [1.29, 1.82) is 0 Å². The monoisotopic (exact) mass is 204 g/mol. The Morgan fingerprint density at radius 3 is 2.00 bits per heavy atom. The molecule has 0 aromatic carbocycles. The molecule has 0 bridgehead atoms. The van der Waals surface area contributed by atoms with Gasteiger partial charge in [-0.1, -0.05) is 6.92 Å². The highest BCUT2D eigenvalue weighted by Crippen LogP contribution is 2.18. The van der Waals surface area contributed by atoms with E-state index in [0.717, 1.165) is 6.42 Å². The Balaban J connectivity index is 3.82. The second kappa shape index (κ2) is 4.75. The zero-order valence-electron chi connectivity index (χ0n) is 9.84. The third kappa shape index (κ3) is 5.19. The first kappa shape index (κ1) is 13.4. The quantitative estimate of drug-likeness (QED) is 0.521. The molecule has 0 radical (unpaired) electrons. The highest BCUT2D eigenvalue weighted by atomic mass is 17.5. The fourth-order valence-corrected chi connectivity index (χ4v) is 0.324. The van der Waals surface area contributed by atoms with Crippen LogP contribution in [0.5, 0.6) is 0 Å². The van der Waals surface area contributed by atoms with E-state index in [9.17, 15) is 4.79 Å². The van der Waals surface area contributed by atoms with Crippen LogP contribution in [0.25, 0.3) is 0 Å². The van der Waals surface area contributed by atoms with Crippen molar-refractivity contribution in [2.45, 2.75) is 53.6 Å². The summed E-state index contributed by atoms with van der Waals surface area (Å²) in [5.41, 5.74) is -1.03. The van der Waals surface area contributed by atoms with Crippen LogP contribution in [0.4, 0.5) is 0 Å². The molecule has 0 fully saturated rings. The second-order valence-corrected chi connectivity index (χ2v) is 4.89. The predicted molar refractivity (Wildman–Crippen MR) is 52.1 cm³/mol. The zero-order valence-corrected chi connectivity index (χ0v) is 9.84. The maximum absolute atomic E-state index is 11.2. The fourth-order valence-electron chi connectivity index (χ4n) is 0.324. The first-order valence-electron chi connectivity index (χ1n) is 4.76. The number of carbonyl (C=O) groups is 1. The Kier molecular flexibility index (Phi) is 4.55. The number of hydrogen-bond acceptors (Lipinski definition) is 4. The Labute approximate surface area is 85.4 Å². The van der Waals surface area contributed by atoms with Crippen LogP contribution >= 0.6 is 0 Å². The van der Waals surface area contributed by atoms with E-state index in [0.29, 0.717) is 0 Å². The summed E-state index contributed by atoms with van der Waals surface area (Å²) in [4.78, 5) is 20.6. The van der Waals surface area contributed by atoms with Crippen molar-refractivity contribution < 1.29 is 19.6 Å². The van der Waals surface area contributed by atoms with Gasteiger partial charge in [-0.15, -0.1) is 0 Å². The molecule has 0 spiro atoms. The molecule has 0 aliphatic carbocycles. The lowest BCUT2D eigenvalue weighted by Crippen LogP contribution is -2.27. The highest BCUT2D eigenvalue weighted by Gasteiger charge is 2.26. The van der Waals surface area contributed by atoms with Crippen molar-refractivity contribution in [1.82, 2.24) is 0 Å². The summed E-state index contributed by atoms with van der Waals surface area (Å²) in [7, 11) is 0. The number of carbonyl (C=O) groups excluding carboxylic acids is 1. The van der Waals surface area contributed by atoms with Crippen LogP contribution in [0.2, 0.25) is 0 Å². The van der Waals surface area contributed by atoms with Gasteiger partial charge >= 0.3 is 5.97 Å². The molecule has 0 saturated carbocycles. The highest BCUT2D eigenvalue weighted by molar-refractivity contribution is 5.74. The van der Waals surface area contributed by atoms with Crippen molar-refractivity contribution in [2.24, 2.45) is 5.41 Å². The molecule has 0 rings (SSSR count). The summed E-state index contributed by atoms with van der Waals surface area (Å²) < 4.78 is 0. The molecule has 0 unspecified atom stereocenters. The molecule has 0 aromatic rings. The Hall–Kier alpha value is -0.610. The van der Waals surface area contributed by atoms with Gasteiger partial charge in [-0.2, -0.15) is 4.89 Å². The summed E-state index contributed by atoms with van der Waals surface area (Å²) in [6.45, 7) is 10.9. The topological polar surface area (TPSA) is 44.8 Å². The van der Waals surface area contributed by atoms with E-state index >= 15 is 0 Å². The minimum atomic E-state index is -0.584. The third-order valence-corrected chi connectivity index (χ3v) is 1.83. The Morgan fingerprint density at radius 1 is 1.14 bits per heavy atom. The molecule has 0 heterocycles. The normalized spacial score (nSPS) is 12.7. The summed E-state index contributed by atoms with van der Waals surface area (Å²) in [6, 6.07) is 0. The van der Waals surface area contributed by atoms with Gasteiger partial charge < -0.3 is 0 Å². The molecule has 0 saturated heterocycles. The minimum Gasteiger partial charge on any atom is -0.268 e. The first-order valence-corrected chi connectivity index (χ1v) is 4.76. The predicted octanol–water partition coefficient (Wildman–Crippen LogP) is 2.63. The summed E-state index contributed by atoms with van der Waals surface area (Å²) in [5.74, 6) is -0.454. The largest absolute Gasteiger partial charge is 0.350 e. The lowest BCUT2D eigenvalue weighted by atomic mass is 9.98. The van der Waals surface area contributed by atoms with E-state index in [2.05, 4.69) is 9.93 Å². The fraction of sp³-hybridized carbons (Fsp3) is 0.900. The van der Waals surface area contributed by atoms with E-state index < -0.39 is 17.0 Å². The van der Waals surface area contributed by atoms with E-state index in [-0.39, 0.29) is 0 Å². The molecule has 14 heavy (non-hydrogen) atoms. The molecule has 84 valence electrons. The Morgan fingerprint density at radius 2 is 1.64 bits per heavy atom.